The van der Waals surface area contributed by atoms with Crippen molar-refractivity contribution < 1.29 is 23.5 Å². The molecule has 1 aromatic carbocycles. The quantitative estimate of drug-likeness (QED) is 0.207. The predicted molar refractivity (Wildman–Crippen MR) is 149 cm³/mol. The van der Waals surface area contributed by atoms with Gasteiger partial charge in [0.15, 0.2) is 0 Å². The number of furan rings is 1. The van der Waals surface area contributed by atoms with Crippen LogP contribution in [-0.4, -0.2) is 59.5 Å². The van der Waals surface area contributed by atoms with Crippen LogP contribution >= 0.6 is 0 Å². The molecule has 0 radical (unpaired) electrons. The van der Waals surface area contributed by atoms with E-state index in [1.807, 2.05) is 30.4 Å². The third-order valence-corrected chi connectivity index (χ3v) is 9.23. The minimum Gasteiger partial charge on any atom is -0.487 e. The van der Waals surface area contributed by atoms with Crippen LogP contribution in [0, 0.1) is 11.8 Å². The highest BCUT2D eigenvalue weighted by Gasteiger charge is 2.66. The first kappa shape index (κ1) is 25.9. The molecule has 1 spiro atoms. The Hall–Kier alpha value is -3.32. The third-order valence-electron chi connectivity index (χ3n) is 9.23. The lowest BCUT2D eigenvalue weighted by Crippen LogP contribution is -2.69. The van der Waals surface area contributed by atoms with Gasteiger partial charge in [0.05, 0.1) is 18.6 Å². The molecular formula is C32H38N2O5. The van der Waals surface area contributed by atoms with E-state index >= 15 is 0 Å². The van der Waals surface area contributed by atoms with Crippen LogP contribution in [0.15, 0.2) is 53.9 Å². The van der Waals surface area contributed by atoms with Gasteiger partial charge in [-0.2, -0.15) is 0 Å². The van der Waals surface area contributed by atoms with Gasteiger partial charge in [-0.05, 0) is 68.3 Å². The molecule has 4 aliphatic rings. The Morgan fingerprint density at radius 3 is 2.85 bits per heavy atom. The van der Waals surface area contributed by atoms with E-state index in [1.165, 1.54) is 12.5 Å². The lowest BCUT2D eigenvalue weighted by atomic mass is 9.50. The van der Waals surface area contributed by atoms with E-state index in [-0.39, 0.29) is 29.4 Å². The summed E-state index contributed by atoms with van der Waals surface area (Å²) in [6, 6.07) is 5.97. The molecule has 0 unspecified atom stereocenters. The molecule has 5 atom stereocenters. The Kier molecular flexibility index (Phi) is 6.66. The molecule has 7 nitrogen and oxygen atoms in total. The van der Waals surface area contributed by atoms with Crippen molar-refractivity contribution in [2.24, 2.45) is 11.8 Å². The van der Waals surface area contributed by atoms with Gasteiger partial charge in [-0.3, -0.25) is 14.5 Å². The summed E-state index contributed by atoms with van der Waals surface area (Å²) in [6.45, 7) is 12.2. The van der Waals surface area contributed by atoms with Gasteiger partial charge in [0.25, 0.3) is 0 Å². The van der Waals surface area contributed by atoms with Crippen molar-refractivity contribution in [3.63, 3.8) is 0 Å². The monoisotopic (exact) mass is 530 g/mol. The van der Waals surface area contributed by atoms with Gasteiger partial charge in [0, 0.05) is 54.2 Å². The van der Waals surface area contributed by atoms with Gasteiger partial charge >= 0.3 is 5.97 Å². The molecule has 1 saturated carbocycles. The zero-order chi connectivity index (χ0) is 27.3. The largest absolute Gasteiger partial charge is 0.487 e. The number of piperidine rings is 1. The van der Waals surface area contributed by atoms with E-state index in [0.29, 0.717) is 30.2 Å². The van der Waals surface area contributed by atoms with Crippen LogP contribution in [-0.2, 0) is 21.4 Å². The summed E-state index contributed by atoms with van der Waals surface area (Å²) < 4.78 is 17.8. The molecule has 2 aromatic rings. The number of rotatable bonds is 8. The smallest absolute Gasteiger partial charge is 0.308 e. The molecule has 3 heterocycles. The van der Waals surface area contributed by atoms with Gasteiger partial charge in [-0.1, -0.05) is 19.9 Å². The van der Waals surface area contributed by atoms with E-state index in [1.54, 1.807) is 18.6 Å². The van der Waals surface area contributed by atoms with Gasteiger partial charge < -0.3 is 18.8 Å². The van der Waals surface area contributed by atoms with Crippen molar-refractivity contribution in [1.82, 2.24) is 9.80 Å². The van der Waals surface area contributed by atoms with Crippen LogP contribution in [0.25, 0.3) is 6.08 Å². The SMILES string of the molecule is C=CCN1CC[C@@]23c4c5ccc(OC(C)=O)c4C[C@@H]1[C@@H]2CC[C@@H](N(CC(C)C)C(=O)/C=C/c1ccoc1)[C@@H]3O5. The minimum absolute atomic E-state index is 0.00147. The Balaban J connectivity index is 1.42. The fraction of sp³-hybridized carbons (Fsp3) is 0.500. The zero-order valence-electron chi connectivity index (χ0n) is 23.1. The first-order chi connectivity index (χ1) is 18.8. The van der Waals surface area contributed by atoms with Crippen LogP contribution in [0.2, 0.25) is 0 Å². The summed E-state index contributed by atoms with van der Waals surface area (Å²) in [5.74, 6) is 1.95. The minimum atomic E-state index is -0.311. The zero-order valence-corrected chi connectivity index (χ0v) is 23.1. The van der Waals surface area contributed by atoms with Crippen molar-refractivity contribution in [3.8, 4) is 11.5 Å². The maximum Gasteiger partial charge on any atom is 0.308 e. The molecule has 1 saturated heterocycles. The van der Waals surface area contributed by atoms with Gasteiger partial charge in [-0.15, -0.1) is 6.58 Å². The Labute approximate surface area is 230 Å². The van der Waals surface area contributed by atoms with E-state index < -0.39 is 0 Å². The van der Waals surface area contributed by atoms with Gasteiger partial charge in [0.1, 0.15) is 17.6 Å². The van der Waals surface area contributed by atoms with Gasteiger partial charge in [0.2, 0.25) is 5.91 Å². The number of ether oxygens (including phenoxy) is 2. The summed E-state index contributed by atoms with van der Waals surface area (Å²) in [5.41, 5.74) is 2.98. The Morgan fingerprint density at radius 2 is 2.13 bits per heavy atom. The summed E-state index contributed by atoms with van der Waals surface area (Å²) in [6.07, 6.45) is 12.3. The normalized spacial score (nSPS) is 28.7. The van der Waals surface area contributed by atoms with Crippen molar-refractivity contribution in [2.45, 2.75) is 70.1 Å². The number of likely N-dealkylation sites (tertiary alicyclic amines) is 1. The molecule has 0 N–H and O–H groups in total. The summed E-state index contributed by atoms with van der Waals surface area (Å²) in [4.78, 5) is 30.4. The molecule has 6 rings (SSSR count). The maximum absolute atomic E-state index is 13.8. The van der Waals surface area contributed by atoms with Crippen molar-refractivity contribution in [3.05, 3.63) is 66.1 Å². The van der Waals surface area contributed by atoms with Crippen LogP contribution in [0.1, 0.15) is 56.7 Å². The predicted octanol–water partition coefficient (Wildman–Crippen LogP) is 5.00. The van der Waals surface area contributed by atoms with Crippen LogP contribution in [0.3, 0.4) is 0 Å². The van der Waals surface area contributed by atoms with Crippen molar-refractivity contribution in [1.29, 1.82) is 0 Å². The molecule has 2 bridgehead atoms. The highest BCUT2D eigenvalue weighted by Crippen LogP contribution is 2.63. The van der Waals surface area contributed by atoms with Crippen LogP contribution in [0.4, 0.5) is 0 Å². The molecule has 2 fully saturated rings. The molecule has 2 aliphatic heterocycles. The highest BCUT2D eigenvalue weighted by molar-refractivity contribution is 5.92. The average molecular weight is 531 g/mol. The molecule has 1 amide bonds. The number of hydrogen-bond donors (Lipinski definition) is 0. The summed E-state index contributed by atoms with van der Waals surface area (Å²) >= 11 is 0. The molecular weight excluding hydrogens is 492 g/mol. The fourth-order valence-electron chi connectivity index (χ4n) is 7.98. The summed E-state index contributed by atoms with van der Waals surface area (Å²) in [7, 11) is 0. The second-order valence-electron chi connectivity index (χ2n) is 11.9. The number of benzene rings is 1. The highest BCUT2D eigenvalue weighted by atomic mass is 16.5. The van der Waals surface area contributed by atoms with E-state index in [9.17, 15) is 9.59 Å². The van der Waals surface area contributed by atoms with Crippen LogP contribution < -0.4 is 9.47 Å². The average Bonchev–Trinajstić information content (AvgIpc) is 3.53. The Bertz CT molecular complexity index is 1300. The summed E-state index contributed by atoms with van der Waals surface area (Å²) in [5, 5.41) is 0. The Morgan fingerprint density at radius 1 is 1.28 bits per heavy atom. The molecule has 206 valence electrons. The first-order valence-corrected chi connectivity index (χ1v) is 14.2. The second kappa shape index (κ2) is 10.0. The van der Waals surface area contributed by atoms with E-state index in [2.05, 4.69) is 30.2 Å². The van der Waals surface area contributed by atoms with E-state index in [4.69, 9.17) is 13.9 Å². The number of carbonyl (C=O) groups excluding carboxylic acids is 2. The topological polar surface area (TPSA) is 72.2 Å². The number of amides is 1. The number of nitrogens with zero attached hydrogens (tertiary/aromatic N) is 2. The molecule has 39 heavy (non-hydrogen) atoms. The number of esters is 1. The number of carbonyl (C=O) groups is 2. The lowest BCUT2D eigenvalue weighted by Gasteiger charge is -2.60. The lowest BCUT2D eigenvalue weighted by molar-refractivity contribution is -0.138. The van der Waals surface area contributed by atoms with Crippen LogP contribution in [0.5, 0.6) is 11.5 Å². The van der Waals surface area contributed by atoms with Crippen molar-refractivity contribution >= 4 is 18.0 Å². The van der Waals surface area contributed by atoms with E-state index in [0.717, 1.165) is 55.6 Å². The standard InChI is InChI=1S/C32H38N2O5/c1-5-14-33-15-13-32-24-7-8-25(34(18-20(2)3)29(36)11-6-22-12-16-37-19-22)31(32)39-28-10-9-27(38-21(4)35)23(30(28)32)17-26(24)33/h5-6,9-12,16,19-20,24-26,31H,1,7-8,13-15,17-18H2,2-4H3/b11-6+/t24-,25+,26+,31-,32-/m0/s1. The fourth-order valence-corrected chi connectivity index (χ4v) is 7.98. The van der Waals surface area contributed by atoms with Crippen molar-refractivity contribution in [2.75, 3.05) is 19.6 Å². The number of hydrogen-bond acceptors (Lipinski definition) is 6. The maximum atomic E-state index is 13.8. The molecule has 7 heteroatoms. The molecule has 1 aromatic heterocycles. The molecule has 2 aliphatic carbocycles. The first-order valence-electron chi connectivity index (χ1n) is 14.2. The second-order valence-corrected chi connectivity index (χ2v) is 11.9. The third kappa shape index (κ3) is 4.22. The van der Waals surface area contributed by atoms with Gasteiger partial charge in [-0.25, -0.2) is 0 Å².